The first kappa shape index (κ1) is 15.6. The summed E-state index contributed by atoms with van der Waals surface area (Å²) in [6.07, 6.45) is 4.57. The van der Waals surface area contributed by atoms with Crippen molar-refractivity contribution in [3.05, 3.63) is 65.3 Å². The molecule has 1 aromatic carbocycles. The summed E-state index contributed by atoms with van der Waals surface area (Å²) in [5, 5.41) is 8.84. The van der Waals surface area contributed by atoms with Crippen LogP contribution in [0, 0.1) is 0 Å². The van der Waals surface area contributed by atoms with Crippen LogP contribution in [0.15, 0.2) is 53.2 Å². The summed E-state index contributed by atoms with van der Waals surface area (Å²) in [5.74, 6) is 1.09. The van der Waals surface area contributed by atoms with Crippen molar-refractivity contribution in [1.82, 2.24) is 20.1 Å². The second kappa shape index (κ2) is 7.35. The summed E-state index contributed by atoms with van der Waals surface area (Å²) in [5.41, 5.74) is 2.09. The standard InChI is InChI=1S/C17H17ClN4O/c1-22(10-7-13-5-8-19-9-6-13)12-16-20-21-17(23-16)14-3-2-4-15(18)11-14/h2-6,8-9,11H,7,10,12H2,1H3. The predicted octanol–water partition coefficient (Wildman–Crippen LogP) is 3.46. The van der Waals surface area contributed by atoms with Gasteiger partial charge in [-0.25, -0.2) is 0 Å². The van der Waals surface area contributed by atoms with E-state index in [9.17, 15) is 0 Å². The lowest BCUT2D eigenvalue weighted by atomic mass is 10.2. The quantitative estimate of drug-likeness (QED) is 0.693. The zero-order valence-corrected chi connectivity index (χ0v) is 13.6. The summed E-state index contributed by atoms with van der Waals surface area (Å²) < 4.78 is 5.71. The lowest BCUT2D eigenvalue weighted by molar-refractivity contribution is 0.293. The van der Waals surface area contributed by atoms with E-state index in [0.717, 1.165) is 18.5 Å². The molecule has 0 radical (unpaired) electrons. The number of aromatic nitrogens is 3. The first-order chi connectivity index (χ1) is 11.2. The van der Waals surface area contributed by atoms with Crippen LogP contribution in [0.2, 0.25) is 5.02 Å². The average Bonchev–Trinajstić information content (AvgIpc) is 3.02. The van der Waals surface area contributed by atoms with Crippen LogP contribution < -0.4 is 0 Å². The van der Waals surface area contributed by atoms with Gasteiger partial charge in [0.25, 0.3) is 0 Å². The highest BCUT2D eigenvalue weighted by Crippen LogP contribution is 2.21. The van der Waals surface area contributed by atoms with Gasteiger partial charge >= 0.3 is 0 Å². The van der Waals surface area contributed by atoms with Gasteiger partial charge in [0.2, 0.25) is 11.8 Å². The third-order valence-electron chi connectivity index (χ3n) is 3.48. The first-order valence-corrected chi connectivity index (χ1v) is 7.74. The molecule has 0 amide bonds. The molecule has 0 spiro atoms. The van der Waals surface area contributed by atoms with Crippen molar-refractivity contribution in [2.45, 2.75) is 13.0 Å². The lowest BCUT2D eigenvalue weighted by Gasteiger charge is -2.13. The minimum Gasteiger partial charge on any atom is -0.419 e. The molecule has 3 rings (SSSR count). The molecule has 6 heteroatoms. The zero-order valence-electron chi connectivity index (χ0n) is 12.8. The van der Waals surface area contributed by atoms with Crippen molar-refractivity contribution in [2.24, 2.45) is 0 Å². The second-order valence-corrected chi connectivity index (χ2v) is 5.79. The molecule has 0 N–H and O–H groups in total. The molecule has 0 saturated carbocycles. The highest BCUT2D eigenvalue weighted by molar-refractivity contribution is 6.30. The SMILES string of the molecule is CN(CCc1ccncc1)Cc1nnc(-c2cccc(Cl)c2)o1. The van der Waals surface area contributed by atoms with E-state index in [-0.39, 0.29) is 0 Å². The van der Waals surface area contributed by atoms with E-state index in [4.69, 9.17) is 16.0 Å². The Morgan fingerprint density at radius 2 is 1.96 bits per heavy atom. The Bertz CT molecular complexity index is 760. The van der Waals surface area contributed by atoms with Crippen LogP contribution in [0.25, 0.3) is 11.5 Å². The van der Waals surface area contributed by atoms with E-state index in [1.165, 1.54) is 5.56 Å². The fourth-order valence-corrected chi connectivity index (χ4v) is 2.43. The Morgan fingerprint density at radius 3 is 2.74 bits per heavy atom. The van der Waals surface area contributed by atoms with Crippen molar-refractivity contribution in [2.75, 3.05) is 13.6 Å². The molecule has 0 saturated heterocycles. The van der Waals surface area contributed by atoms with Crippen molar-refractivity contribution >= 4 is 11.6 Å². The van der Waals surface area contributed by atoms with E-state index in [2.05, 4.69) is 20.1 Å². The first-order valence-electron chi connectivity index (χ1n) is 7.36. The molecular formula is C17H17ClN4O. The van der Waals surface area contributed by atoms with Crippen LogP contribution in [0.3, 0.4) is 0 Å². The van der Waals surface area contributed by atoms with Crippen LogP contribution in [0.4, 0.5) is 0 Å². The summed E-state index contributed by atoms with van der Waals surface area (Å²) in [7, 11) is 2.03. The predicted molar refractivity (Wildman–Crippen MR) is 89.0 cm³/mol. The molecule has 2 aromatic heterocycles. The molecule has 23 heavy (non-hydrogen) atoms. The highest BCUT2D eigenvalue weighted by Gasteiger charge is 2.11. The number of benzene rings is 1. The van der Waals surface area contributed by atoms with Gasteiger partial charge < -0.3 is 4.42 Å². The largest absolute Gasteiger partial charge is 0.419 e. The normalized spacial score (nSPS) is 11.1. The summed E-state index contributed by atoms with van der Waals surface area (Å²) in [4.78, 5) is 6.17. The van der Waals surface area contributed by atoms with Gasteiger partial charge in [-0.2, -0.15) is 0 Å². The Hall–Kier alpha value is -2.24. The second-order valence-electron chi connectivity index (χ2n) is 5.35. The van der Waals surface area contributed by atoms with E-state index in [1.54, 1.807) is 0 Å². The van der Waals surface area contributed by atoms with Crippen LogP contribution in [-0.4, -0.2) is 33.7 Å². The van der Waals surface area contributed by atoms with Crippen molar-refractivity contribution in [3.63, 3.8) is 0 Å². The van der Waals surface area contributed by atoms with Crippen LogP contribution in [0.5, 0.6) is 0 Å². The maximum atomic E-state index is 5.98. The summed E-state index contributed by atoms with van der Waals surface area (Å²) in [6.45, 7) is 1.51. The number of halogens is 1. The highest BCUT2D eigenvalue weighted by atomic mass is 35.5. The number of nitrogens with zero attached hydrogens (tertiary/aromatic N) is 4. The lowest BCUT2D eigenvalue weighted by Crippen LogP contribution is -2.20. The monoisotopic (exact) mass is 328 g/mol. The fourth-order valence-electron chi connectivity index (χ4n) is 2.24. The molecule has 0 aliphatic heterocycles. The van der Waals surface area contributed by atoms with Crippen molar-refractivity contribution in [3.8, 4) is 11.5 Å². The molecule has 0 aliphatic rings. The molecule has 0 fully saturated rings. The molecule has 118 valence electrons. The number of likely N-dealkylation sites (N-methyl/N-ethyl adjacent to an activating group) is 1. The third kappa shape index (κ3) is 4.37. The van der Waals surface area contributed by atoms with Gasteiger partial charge in [-0.3, -0.25) is 9.88 Å². The fraction of sp³-hybridized carbons (Fsp3) is 0.235. The smallest absolute Gasteiger partial charge is 0.247 e. The Labute approximate surface area is 139 Å². The van der Waals surface area contributed by atoms with Gasteiger partial charge in [-0.1, -0.05) is 17.7 Å². The van der Waals surface area contributed by atoms with E-state index in [0.29, 0.717) is 23.3 Å². The van der Waals surface area contributed by atoms with Crippen molar-refractivity contribution < 1.29 is 4.42 Å². The minimum atomic E-state index is 0.491. The molecule has 5 nitrogen and oxygen atoms in total. The van der Waals surface area contributed by atoms with Gasteiger partial charge in [-0.15, -0.1) is 10.2 Å². The minimum absolute atomic E-state index is 0.491. The Morgan fingerprint density at radius 1 is 1.13 bits per heavy atom. The molecule has 3 aromatic rings. The van der Waals surface area contributed by atoms with E-state index >= 15 is 0 Å². The summed E-state index contributed by atoms with van der Waals surface area (Å²) >= 11 is 5.98. The number of hydrogen-bond acceptors (Lipinski definition) is 5. The zero-order chi connectivity index (χ0) is 16.1. The number of hydrogen-bond donors (Lipinski definition) is 0. The van der Waals surface area contributed by atoms with Crippen LogP contribution in [0.1, 0.15) is 11.5 Å². The average molecular weight is 329 g/mol. The number of rotatable bonds is 6. The maximum absolute atomic E-state index is 5.98. The number of pyridine rings is 1. The Kier molecular flexibility index (Phi) is 5.00. The molecule has 0 aliphatic carbocycles. The molecule has 0 bridgehead atoms. The van der Waals surface area contributed by atoms with Gasteiger partial charge in [0.15, 0.2) is 0 Å². The topological polar surface area (TPSA) is 55.1 Å². The van der Waals surface area contributed by atoms with E-state index in [1.807, 2.05) is 55.8 Å². The van der Waals surface area contributed by atoms with E-state index < -0.39 is 0 Å². The molecular weight excluding hydrogens is 312 g/mol. The summed E-state index contributed by atoms with van der Waals surface area (Å²) in [6, 6.07) is 11.4. The Balaban J connectivity index is 1.58. The van der Waals surface area contributed by atoms with Gasteiger partial charge in [0.1, 0.15) is 0 Å². The molecule has 0 atom stereocenters. The molecule has 2 heterocycles. The van der Waals surface area contributed by atoms with Gasteiger partial charge in [0.05, 0.1) is 6.54 Å². The third-order valence-corrected chi connectivity index (χ3v) is 3.71. The van der Waals surface area contributed by atoms with Crippen molar-refractivity contribution in [1.29, 1.82) is 0 Å². The van der Waals surface area contributed by atoms with Gasteiger partial charge in [0, 0.05) is 29.5 Å². The maximum Gasteiger partial charge on any atom is 0.247 e. The van der Waals surface area contributed by atoms with Crippen LogP contribution in [-0.2, 0) is 13.0 Å². The van der Waals surface area contributed by atoms with Crippen LogP contribution >= 0.6 is 11.6 Å². The van der Waals surface area contributed by atoms with Gasteiger partial charge in [-0.05, 0) is 49.4 Å². The molecule has 0 unspecified atom stereocenters.